The van der Waals surface area contributed by atoms with Gasteiger partial charge in [0.15, 0.2) is 39.3 Å². The van der Waals surface area contributed by atoms with E-state index < -0.39 is 94.2 Å². The van der Waals surface area contributed by atoms with Crippen molar-refractivity contribution in [3.05, 3.63) is 139 Å². The molecule has 5 aromatic carbocycles. The quantitative estimate of drug-likeness (QED) is 0.0661. The molecule has 12 amide bonds. The molecular weight excluding hydrogens is 1390 g/mol. The number of carbonyl (C=O) groups excluding carboxylic acids is 6. The maximum Gasteiger partial charge on any atom is 0.320 e. The van der Waals surface area contributed by atoms with E-state index in [0.717, 1.165) is 42.7 Å². The Morgan fingerprint density at radius 1 is 0.396 bits per heavy atom. The Morgan fingerprint density at radius 2 is 0.781 bits per heavy atom. The van der Waals surface area contributed by atoms with E-state index in [0.29, 0.717) is 29.4 Å². The van der Waals surface area contributed by atoms with Crippen LogP contribution in [0, 0.1) is 5.82 Å². The topological polar surface area (TPSA) is 498 Å². The third-order valence-electron chi connectivity index (χ3n) is 11.3. The highest BCUT2D eigenvalue weighted by molar-refractivity contribution is 7.91. The van der Waals surface area contributed by atoms with Gasteiger partial charge in [-0.25, -0.2) is 98.1 Å². The van der Waals surface area contributed by atoms with E-state index in [1.165, 1.54) is 149 Å². The number of carbonyl (C=O) groups is 6. The fourth-order valence-electron chi connectivity index (χ4n) is 6.36. The molecule has 0 saturated heterocycles. The molecular formula is C55H76FN15O19S6. The number of halogens is 1. The van der Waals surface area contributed by atoms with E-state index in [4.69, 9.17) is 4.74 Å². The van der Waals surface area contributed by atoms with Gasteiger partial charge in [0.05, 0.1) is 26.7 Å². The number of pyridine rings is 1. The van der Waals surface area contributed by atoms with Crippen molar-refractivity contribution < 1.29 is 88.4 Å². The lowest BCUT2D eigenvalue weighted by atomic mass is 10.2. The highest BCUT2D eigenvalue weighted by Gasteiger charge is 2.18. The number of sulfone groups is 4. The van der Waals surface area contributed by atoms with Crippen LogP contribution in [0.1, 0.15) is 5.56 Å². The molecule has 0 bridgehead atoms. The van der Waals surface area contributed by atoms with Crippen LogP contribution in [-0.2, 0) is 65.9 Å². The van der Waals surface area contributed by atoms with Gasteiger partial charge in [-0.05, 0) is 123 Å². The zero-order valence-electron chi connectivity index (χ0n) is 53.9. The standard InChI is InChI=1S/C10H14N2O4S.C10H14N2O3S.C9H11FN2O3S.2C9H13N3O3S.C8H11N3O3S/c1-11-10(13)12-7-4-5-8(16-2)9(6-7)17(3,14)15;1-11-10(13)12-7-8-3-5-9(6-4-8)16(2,14)15;1-11-9(13)12-6-3-4-7(10)8(5-6)16(2,14)15;1-10-9(13)12-7-3-5-8(6-4-7)16(14,15)11-2;1-10-9(13)12-7-4-3-5-8(6-7)16(14,15)11-2;1-9-8(12)11-7-4-3-6(5-10-7)15(2,13)14/h4-6H,1-3H3,(H2,11,12,13);3-6H,7H2,1-2H3,(H2,11,12,13);3-5H,1-2H3,(H2,11,12,13);2*3-6,11H,1-2H3,(H2,10,12,13);3-5H,1-2H3,(H2,9,10,11,12). The number of nitrogens with one attached hydrogen (secondary N) is 14. The molecule has 1 heterocycles. The van der Waals surface area contributed by atoms with Crippen molar-refractivity contribution in [2.24, 2.45) is 0 Å². The number of urea groups is 6. The molecule has 6 rings (SSSR count). The summed E-state index contributed by atoms with van der Waals surface area (Å²) >= 11 is 0. The van der Waals surface area contributed by atoms with Crippen LogP contribution in [-0.4, -0.2) is 180 Å². The van der Waals surface area contributed by atoms with Crippen LogP contribution in [0.5, 0.6) is 5.75 Å². The largest absolute Gasteiger partial charge is 0.495 e. The fraction of sp³-hybridized carbons (Fsp3) is 0.255. The first-order chi connectivity index (χ1) is 44.6. The highest BCUT2D eigenvalue weighted by Crippen LogP contribution is 2.27. The van der Waals surface area contributed by atoms with Gasteiger partial charge in [0.2, 0.25) is 20.0 Å². The molecule has 0 aliphatic carbocycles. The van der Waals surface area contributed by atoms with Crippen molar-refractivity contribution in [1.82, 2.24) is 51.6 Å². The summed E-state index contributed by atoms with van der Waals surface area (Å²) in [5.41, 5.74) is 2.37. The Balaban J connectivity index is 0.000000576. The minimum Gasteiger partial charge on any atom is -0.495 e. The number of hydrogen-bond donors (Lipinski definition) is 14. The number of benzene rings is 5. The Hall–Kier alpha value is -9.78. The molecule has 41 heteroatoms. The van der Waals surface area contributed by atoms with Gasteiger partial charge < -0.3 is 63.2 Å². The molecule has 0 fully saturated rings. The lowest BCUT2D eigenvalue weighted by Crippen LogP contribution is -2.32. The Bertz CT molecular complexity index is 4350. The first-order valence-corrected chi connectivity index (χ1v) is 37.4. The molecule has 0 spiro atoms. The third-order valence-corrected chi connectivity index (χ3v) is 18.6. The van der Waals surface area contributed by atoms with Crippen LogP contribution in [0.2, 0.25) is 0 Å². The second kappa shape index (κ2) is 39.2. The number of hydrogen-bond acceptors (Lipinski definition) is 20. The van der Waals surface area contributed by atoms with Crippen molar-refractivity contribution in [2.75, 3.05) is 115 Å². The van der Waals surface area contributed by atoms with Crippen molar-refractivity contribution >= 4 is 124 Å². The molecule has 0 unspecified atom stereocenters. The van der Waals surface area contributed by atoms with E-state index in [1.54, 1.807) is 30.3 Å². The van der Waals surface area contributed by atoms with E-state index in [-0.39, 0.29) is 48.0 Å². The lowest BCUT2D eigenvalue weighted by Gasteiger charge is -2.10. The molecule has 14 N–H and O–H groups in total. The monoisotopic (exact) mass is 1460 g/mol. The summed E-state index contributed by atoms with van der Waals surface area (Å²) in [5.74, 6) is -0.304. The van der Waals surface area contributed by atoms with E-state index >= 15 is 0 Å². The second-order valence-electron chi connectivity index (χ2n) is 18.5. The van der Waals surface area contributed by atoms with Gasteiger partial charge in [-0.1, -0.05) is 18.2 Å². The number of amides is 12. The number of methoxy groups -OCH3 is 1. The van der Waals surface area contributed by atoms with Gasteiger partial charge in [-0.15, -0.1) is 0 Å². The maximum atomic E-state index is 13.2. The average Bonchev–Trinajstić information content (AvgIpc) is 0.860. The molecule has 0 atom stereocenters. The summed E-state index contributed by atoms with van der Waals surface area (Å²) in [7, 11) is -7.46. The summed E-state index contributed by atoms with van der Waals surface area (Å²) in [6, 6.07) is 26.4. The smallest absolute Gasteiger partial charge is 0.320 e. The summed E-state index contributed by atoms with van der Waals surface area (Å²) in [4.78, 5) is 69.8. The van der Waals surface area contributed by atoms with Crippen LogP contribution in [0.25, 0.3) is 0 Å². The Morgan fingerprint density at radius 3 is 1.19 bits per heavy atom. The normalized spacial score (nSPS) is 10.9. The van der Waals surface area contributed by atoms with Crippen LogP contribution in [0.15, 0.2) is 157 Å². The van der Waals surface area contributed by atoms with E-state index in [1.807, 2.05) is 0 Å². The summed E-state index contributed by atoms with van der Waals surface area (Å²) < 4.78 is 158. The van der Waals surface area contributed by atoms with E-state index in [2.05, 4.69) is 78.2 Å². The molecule has 528 valence electrons. The lowest BCUT2D eigenvalue weighted by molar-refractivity contribution is 0.242. The number of rotatable bonds is 16. The summed E-state index contributed by atoms with van der Waals surface area (Å²) in [5, 5.41) is 29.1. The minimum atomic E-state index is -3.65. The van der Waals surface area contributed by atoms with Gasteiger partial charge >= 0.3 is 36.2 Å². The molecule has 0 aliphatic rings. The predicted molar refractivity (Wildman–Crippen MR) is 360 cm³/mol. The zero-order valence-corrected chi connectivity index (χ0v) is 58.8. The number of nitrogens with zero attached hydrogens (tertiary/aromatic N) is 1. The van der Waals surface area contributed by atoms with E-state index in [9.17, 15) is 83.7 Å². The molecule has 34 nitrogen and oxygen atoms in total. The summed E-state index contributed by atoms with van der Waals surface area (Å²) in [6.45, 7) is 0.365. The van der Waals surface area contributed by atoms with Crippen molar-refractivity contribution in [1.29, 1.82) is 0 Å². The minimum absolute atomic E-state index is 0.0360. The molecule has 6 aromatic rings. The molecule has 96 heavy (non-hydrogen) atoms. The number of aromatic nitrogens is 1. The molecule has 0 radical (unpaired) electrons. The van der Waals surface area contributed by atoms with Gasteiger partial charge in [0.25, 0.3) is 0 Å². The van der Waals surface area contributed by atoms with Crippen LogP contribution in [0.3, 0.4) is 0 Å². The summed E-state index contributed by atoms with van der Waals surface area (Å²) in [6.07, 6.45) is 5.42. The molecule has 1 aromatic heterocycles. The van der Waals surface area contributed by atoms with Crippen LogP contribution in [0.4, 0.5) is 61.7 Å². The van der Waals surface area contributed by atoms with Crippen molar-refractivity contribution in [2.45, 2.75) is 35.9 Å². The Labute approximate surface area is 556 Å². The van der Waals surface area contributed by atoms with Crippen molar-refractivity contribution in [3.63, 3.8) is 0 Å². The fourth-order valence-corrected chi connectivity index (χ4v) is 10.7. The number of sulfonamides is 2. The SMILES string of the molecule is CNC(=O)NCc1ccc(S(C)(=O)=O)cc1.CNC(=O)Nc1ccc(F)c(S(C)(=O)=O)c1.CNC(=O)Nc1ccc(OC)c(S(C)(=O)=O)c1.CNC(=O)Nc1ccc(S(=O)(=O)NC)cc1.CNC(=O)Nc1ccc(S(C)(=O)=O)cn1.CNC(=O)Nc1cccc(S(=O)(=O)NC)c1. The van der Waals surface area contributed by atoms with Gasteiger partial charge in [-0.3, -0.25) is 5.32 Å². The van der Waals surface area contributed by atoms with Crippen LogP contribution >= 0.6 is 0 Å². The second-order valence-corrected chi connectivity index (χ2v) is 30.3. The maximum absolute atomic E-state index is 13.2. The molecule has 0 aliphatic heterocycles. The number of ether oxygens (including phenoxy) is 1. The molecule has 0 saturated carbocycles. The van der Waals surface area contributed by atoms with Crippen LogP contribution < -0.4 is 78.0 Å². The van der Waals surface area contributed by atoms with Gasteiger partial charge in [0, 0.05) is 103 Å². The first-order valence-electron chi connectivity index (χ1n) is 26.9. The highest BCUT2D eigenvalue weighted by atomic mass is 32.2. The third kappa shape index (κ3) is 31.0. The average molecular weight is 1460 g/mol. The Kier molecular flexibility index (Phi) is 34.4. The predicted octanol–water partition coefficient (Wildman–Crippen LogP) is 3.28. The van der Waals surface area contributed by atoms with Gasteiger partial charge in [-0.2, -0.15) is 0 Å². The zero-order chi connectivity index (χ0) is 73.4. The number of anilines is 5. The van der Waals surface area contributed by atoms with Crippen molar-refractivity contribution in [3.8, 4) is 5.75 Å². The van der Waals surface area contributed by atoms with Gasteiger partial charge in [0.1, 0.15) is 27.2 Å². The first kappa shape index (κ1) is 84.2.